The number of ether oxygens (including phenoxy) is 2. The van der Waals surface area contributed by atoms with Crippen LogP contribution in [0.5, 0.6) is 5.75 Å². The van der Waals surface area contributed by atoms with Gasteiger partial charge in [0, 0.05) is 0 Å². The Morgan fingerprint density at radius 2 is 2.07 bits per heavy atom. The third-order valence-corrected chi connectivity index (χ3v) is 2.53. The van der Waals surface area contributed by atoms with Gasteiger partial charge in [0.2, 0.25) is 0 Å². The number of para-hydroxylation sites is 1. The molecule has 1 aromatic carbocycles. The first-order valence-corrected chi connectivity index (χ1v) is 5.60. The number of rotatable bonds is 3. The van der Waals surface area contributed by atoms with E-state index in [0.29, 0.717) is 4.57 Å². The topological polar surface area (TPSA) is 18.5 Å². The van der Waals surface area contributed by atoms with Gasteiger partial charge in [0.15, 0.2) is 0 Å². The Balaban J connectivity index is 2.00. The molecule has 0 aliphatic carbocycles. The Labute approximate surface area is 97.5 Å². The summed E-state index contributed by atoms with van der Waals surface area (Å²) < 4.78 is 11.8. The summed E-state index contributed by atoms with van der Waals surface area (Å²) in [5, 5.41) is 0. The molecule has 1 aliphatic heterocycles. The zero-order valence-corrected chi connectivity index (χ0v) is 9.59. The second-order valence-electron chi connectivity index (χ2n) is 3.26. The van der Waals surface area contributed by atoms with Crippen LogP contribution in [0.4, 0.5) is 0 Å². The average Bonchev–Trinajstić information content (AvgIpc) is 2.31. The fourth-order valence-corrected chi connectivity index (χ4v) is 1.72. The average molecular weight is 240 g/mol. The molecule has 0 spiro atoms. The van der Waals surface area contributed by atoms with E-state index in [0.717, 1.165) is 31.0 Å². The van der Waals surface area contributed by atoms with E-state index in [1.54, 1.807) is 0 Å². The van der Waals surface area contributed by atoms with Crippen LogP contribution in [0, 0.1) is 0 Å². The Hall–Kier alpha value is -1.04. The predicted octanol–water partition coefficient (Wildman–Crippen LogP) is 2.44. The van der Waals surface area contributed by atoms with Crippen LogP contribution in [0.15, 0.2) is 42.2 Å². The number of allylic oxidation sites excluding steroid dienone is 1. The van der Waals surface area contributed by atoms with Crippen LogP contribution in [0.1, 0.15) is 12.8 Å². The molecule has 0 atom stereocenters. The van der Waals surface area contributed by atoms with Crippen molar-refractivity contribution in [3.8, 4) is 5.75 Å². The van der Waals surface area contributed by atoms with Crippen LogP contribution in [-0.4, -0.2) is 11.2 Å². The third kappa shape index (κ3) is 2.95. The van der Waals surface area contributed by atoms with Gasteiger partial charge in [-0.15, -0.1) is 0 Å². The van der Waals surface area contributed by atoms with Crippen LogP contribution in [0.2, 0.25) is 0 Å². The van der Waals surface area contributed by atoms with E-state index in [2.05, 4.69) is 21.9 Å². The van der Waals surface area contributed by atoms with Gasteiger partial charge in [-0.3, -0.25) is 0 Å². The summed E-state index contributed by atoms with van der Waals surface area (Å²) >= 11 is 2.90. The number of hydrogen-bond donors (Lipinski definition) is 0. The molecule has 2 nitrogen and oxygen atoms in total. The van der Waals surface area contributed by atoms with Gasteiger partial charge in [-0.05, 0) is 0 Å². The Morgan fingerprint density at radius 3 is 2.73 bits per heavy atom. The summed E-state index contributed by atoms with van der Waals surface area (Å²) in [6.45, 7) is 0.773. The molecule has 0 saturated carbocycles. The van der Waals surface area contributed by atoms with Crippen molar-refractivity contribution in [3.63, 3.8) is 0 Å². The fraction of sp³-hybridized carbons (Fsp3) is 0.250. The zero-order chi connectivity index (χ0) is 10.5. The summed E-state index contributed by atoms with van der Waals surface area (Å²) in [7, 11) is 0. The van der Waals surface area contributed by atoms with Crippen LogP contribution in [0.25, 0.3) is 0 Å². The molecule has 0 fully saturated rings. The second-order valence-corrected chi connectivity index (χ2v) is 3.84. The van der Waals surface area contributed by atoms with Crippen LogP contribution < -0.4 is 4.74 Å². The normalized spacial score (nSPS) is 15.1. The standard InChI is InChI=1S/C12H12O2.Cr/c1-2-6-11(7-3-1)14-10-12-8-4-5-9-13-12;/h1-3,6-8H,4-5,9H2;. The van der Waals surface area contributed by atoms with E-state index < -0.39 is 0 Å². The quantitative estimate of drug-likeness (QED) is 0.807. The fourth-order valence-electron chi connectivity index (χ4n) is 1.35. The summed E-state index contributed by atoms with van der Waals surface area (Å²) in [4.78, 5) is 0. The van der Waals surface area contributed by atoms with Gasteiger partial charge in [0.05, 0.1) is 0 Å². The van der Waals surface area contributed by atoms with Crippen LogP contribution in [-0.2, 0) is 20.6 Å². The molecule has 0 radical (unpaired) electrons. The summed E-state index contributed by atoms with van der Waals surface area (Å²) in [6.07, 6.45) is 4.19. The molecule has 78 valence electrons. The van der Waals surface area contributed by atoms with Crippen molar-refractivity contribution >= 4 is 4.57 Å². The Kier molecular flexibility index (Phi) is 3.60. The summed E-state index contributed by atoms with van der Waals surface area (Å²) in [5.41, 5.74) is 0. The first kappa shape index (κ1) is 10.5. The molecule has 1 aliphatic rings. The van der Waals surface area contributed by atoms with Crippen molar-refractivity contribution in [2.24, 2.45) is 0 Å². The van der Waals surface area contributed by atoms with E-state index in [-0.39, 0.29) is 0 Å². The van der Waals surface area contributed by atoms with Crippen molar-refractivity contribution in [2.45, 2.75) is 12.8 Å². The van der Waals surface area contributed by atoms with E-state index in [4.69, 9.17) is 9.47 Å². The second kappa shape index (κ2) is 5.16. The molecular weight excluding hydrogens is 228 g/mol. The molecule has 2 rings (SSSR count). The SMILES string of the molecule is [Cr]=[C](Oc1ccccc1)C1=CCCCO1. The number of hydrogen-bond acceptors (Lipinski definition) is 2. The van der Waals surface area contributed by atoms with Crippen molar-refractivity contribution in [2.75, 3.05) is 6.61 Å². The van der Waals surface area contributed by atoms with Crippen molar-refractivity contribution in [1.29, 1.82) is 0 Å². The van der Waals surface area contributed by atoms with Gasteiger partial charge >= 0.3 is 97.3 Å². The van der Waals surface area contributed by atoms with E-state index >= 15 is 0 Å². The zero-order valence-electron chi connectivity index (χ0n) is 8.31. The Morgan fingerprint density at radius 1 is 1.27 bits per heavy atom. The minimum absolute atomic E-state index is 0.709. The van der Waals surface area contributed by atoms with Crippen molar-refractivity contribution in [3.05, 3.63) is 42.2 Å². The van der Waals surface area contributed by atoms with Crippen molar-refractivity contribution < 1.29 is 25.3 Å². The molecule has 15 heavy (non-hydrogen) atoms. The van der Waals surface area contributed by atoms with Crippen molar-refractivity contribution in [1.82, 2.24) is 0 Å². The first-order valence-electron chi connectivity index (χ1n) is 4.96. The molecule has 0 unspecified atom stereocenters. The van der Waals surface area contributed by atoms with Crippen LogP contribution in [0.3, 0.4) is 0 Å². The Bertz CT molecular complexity index is 370. The molecule has 0 N–H and O–H groups in total. The number of benzene rings is 1. The molecule has 0 aromatic heterocycles. The van der Waals surface area contributed by atoms with Gasteiger partial charge in [-0.1, -0.05) is 0 Å². The summed E-state index contributed by atoms with van der Waals surface area (Å²) in [6, 6.07) is 9.68. The molecular formula is C12H12CrO2. The van der Waals surface area contributed by atoms with E-state index in [9.17, 15) is 0 Å². The van der Waals surface area contributed by atoms with Gasteiger partial charge in [-0.2, -0.15) is 0 Å². The maximum atomic E-state index is 5.62. The van der Waals surface area contributed by atoms with Gasteiger partial charge in [0.25, 0.3) is 0 Å². The van der Waals surface area contributed by atoms with Gasteiger partial charge < -0.3 is 0 Å². The maximum absolute atomic E-state index is 5.62. The van der Waals surface area contributed by atoms with E-state index in [1.807, 2.05) is 30.3 Å². The molecule has 0 bridgehead atoms. The molecule has 1 heterocycles. The molecule has 0 saturated heterocycles. The molecule has 1 aromatic rings. The van der Waals surface area contributed by atoms with Gasteiger partial charge in [-0.25, -0.2) is 0 Å². The predicted molar refractivity (Wildman–Crippen MR) is 55.3 cm³/mol. The first-order chi connectivity index (χ1) is 7.36. The molecule has 0 amide bonds. The van der Waals surface area contributed by atoms with Crippen LogP contribution >= 0.6 is 0 Å². The van der Waals surface area contributed by atoms with E-state index in [1.165, 1.54) is 0 Å². The van der Waals surface area contributed by atoms with Gasteiger partial charge in [0.1, 0.15) is 0 Å². The molecule has 3 heteroatoms. The monoisotopic (exact) mass is 240 g/mol. The summed E-state index contributed by atoms with van der Waals surface area (Å²) in [5.74, 6) is 1.64. The third-order valence-electron chi connectivity index (χ3n) is 2.09. The minimum atomic E-state index is 0.709.